The van der Waals surface area contributed by atoms with Gasteiger partial charge >= 0.3 is 5.97 Å². The largest absolute Gasteiger partial charge is 0.469 e. The number of amides is 1. The molecule has 27 heavy (non-hydrogen) atoms. The zero-order chi connectivity index (χ0) is 18.9. The van der Waals surface area contributed by atoms with E-state index in [9.17, 15) is 9.59 Å². The van der Waals surface area contributed by atoms with Gasteiger partial charge in [-0.25, -0.2) is 0 Å². The zero-order valence-corrected chi connectivity index (χ0v) is 17.3. The maximum absolute atomic E-state index is 12.1. The van der Waals surface area contributed by atoms with Gasteiger partial charge in [-0.05, 0) is 41.2 Å². The predicted octanol–water partition coefficient (Wildman–Crippen LogP) is 2.79. The molecule has 0 heterocycles. The number of carbonyl (C=O) groups excluding carboxylic acids is 2. The third kappa shape index (κ3) is 7.05. The summed E-state index contributed by atoms with van der Waals surface area (Å²) in [5.74, 6) is -0.188. The van der Waals surface area contributed by atoms with Crippen LogP contribution in [0.4, 0.5) is 0 Å². The molecular formula is C20H27ClN2O3S. The molecule has 0 aliphatic rings. The molecule has 0 bridgehead atoms. The van der Waals surface area contributed by atoms with Gasteiger partial charge in [0.1, 0.15) is 0 Å². The third-order valence-corrected chi connectivity index (χ3v) is 4.97. The highest BCUT2D eigenvalue weighted by Gasteiger charge is 2.22. The van der Waals surface area contributed by atoms with Crippen LogP contribution in [-0.2, 0) is 20.7 Å². The fraction of sp³-hybridized carbons (Fsp3) is 0.400. The second kappa shape index (κ2) is 11.8. The topological polar surface area (TPSA) is 81.4 Å². The third-order valence-electron chi connectivity index (χ3n) is 4.32. The molecule has 0 spiro atoms. The average molecular weight is 411 g/mol. The van der Waals surface area contributed by atoms with E-state index in [0.29, 0.717) is 12.8 Å². The smallest absolute Gasteiger partial charge is 0.310 e. The normalized spacial score (nSPS) is 12.7. The molecule has 0 aliphatic heterocycles. The van der Waals surface area contributed by atoms with E-state index in [2.05, 4.69) is 11.4 Å². The van der Waals surface area contributed by atoms with E-state index in [4.69, 9.17) is 10.5 Å². The molecule has 2 atom stereocenters. The van der Waals surface area contributed by atoms with Crippen LogP contribution in [0.1, 0.15) is 12.0 Å². The molecule has 0 saturated heterocycles. The van der Waals surface area contributed by atoms with Crippen LogP contribution >= 0.6 is 24.2 Å². The molecule has 0 fully saturated rings. The highest BCUT2D eigenvalue weighted by molar-refractivity contribution is 7.98. The number of esters is 1. The van der Waals surface area contributed by atoms with E-state index in [1.165, 1.54) is 7.11 Å². The standard InChI is InChI=1S/C20H26N2O3S.ClH/c1-25-20(24)17(13-22-19(23)18(21)9-10-26-2)12-14-7-8-15-5-3-4-6-16(15)11-14;/h3-8,11,17-18H,9-10,12-13,21H2,1-2H3,(H,22,23);1H/t17?,18-;/m0./s1. The van der Waals surface area contributed by atoms with Crippen molar-refractivity contribution in [3.8, 4) is 0 Å². The summed E-state index contributed by atoms with van der Waals surface area (Å²) in [5.41, 5.74) is 6.90. The number of nitrogens with two attached hydrogens (primary N) is 1. The Morgan fingerprint density at radius 2 is 1.89 bits per heavy atom. The number of nitrogens with one attached hydrogen (secondary N) is 1. The number of thioether (sulfide) groups is 1. The molecule has 2 aromatic rings. The van der Waals surface area contributed by atoms with Crippen molar-refractivity contribution in [3.63, 3.8) is 0 Å². The molecule has 0 aromatic heterocycles. The van der Waals surface area contributed by atoms with Crippen molar-refractivity contribution in [2.75, 3.05) is 25.7 Å². The van der Waals surface area contributed by atoms with Crippen molar-refractivity contribution in [2.24, 2.45) is 11.7 Å². The van der Waals surface area contributed by atoms with Gasteiger partial charge < -0.3 is 15.8 Å². The zero-order valence-electron chi connectivity index (χ0n) is 15.6. The van der Waals surface area contributed by atoms with Crippen LogP contribution in [0.2, 0.25) is 0 Å². The molecule has 2 rings (SSSR count). The number of hydrogen-bond acceptors (Lipinski definition) is 5. The first kappa shape index (κ1) is 23.3. The Hall–Kier alpha value is -1.76. The molecule has 0 radical (unpaired) electrons. The Kier molecular flexibility index (Phi) is 10.2. The number of rotatable bonds is 9. The second-order valence-electron chi connectivity index (χ2n) is 6.24. The number of hydrogen-bond donors (Lipinski definition) is 2. The Labute approximate surface area is 170 Å². The highest BCUT2D eigenvalue weighted by atomic mass is 35.5. The van der Waals surface area contributed by atoms with Crippen molar-refractivity contribution in [1.29, 1.82) is 0 Å². The van der Waals surface area contributed by atoms with Crippen LogP contribution in [0.3, 0.4) is 0 Å². The summed E-state index contributed by atoms with van der Waals surface area (Å²) < 4.78 is 4.90. The first-order valence-electron chi connectivity index (χ1n) is 8.63. The van der Waals surface area contributed by atoms with Gasteiger partial charge in [-0.3, -0.25) is 9.59 Å². The van der Waals surface area contributed by atoms with Crippen LogP contribution in [0.15, 0.2) is 42.5 Å². The lowest BCUT2D eigenvalue weighted by Crippen LogP contribution is -2.44. The number of benzene rings is 2. The summed E-state index contributed by atoms with van der Waals surface area (Å²) in [6.45, 7) is 0.214. The lowest BCUT2D eigenvalue weighted by molar-refractivity contribution is -0.145. The number of ether oxygens (including phenoxy) is 1. The van der Waals surface area contributed by atoms with Gasteiger partial charge in [0, 0.05) is 6.54 Å². The molecule has 1 amide bonds. The van der Waals surface area contributed by atoms with Crippen LogP contribution in [0.25, 0.3) is 10.8 Å². The molecule has 7 heteroatoms. The number of carbonyl (C=O) groups is 2. The minimum atomic E-state index is -0.554. The Morgan fingerprint density at radius 3 is 2.56 bits per heavy atom. The number of fused-ring (bicyclic) bond motifs is 1. The van der Waals surface area contributed by atoms with Gasteiger partial charge in [-0.1, -0.05) is 42.5 Å². The minimum Gasteiger partial charge on any atom is -0.469 e. The molecule has 0 saturated carbocycles. The summed E-state index contributed by atoms with van der Waals surface area (Å²) in [4.78, 5) is 24.2. The van der Waals surface area contributed by atoms with Gasteiger partial charge in [-0.2, -0.15) is 11.8 Å². The Bertz CT molecular complexity index is 757. The molecular weight excluding hydrogens is 384 g/mol. The van der Waals surface area contributed by atoms with E-state index in [1.807, 2.05) is 42.7 Å². The van der Waals surface area contributed by atoms with Crippen LogP contribution < -0.4 is 11.1 Å². The van der Waals surface area contributed by atoms with Crippen LogP contribution in [0.5, 0.6) is 0 Å². The van der Waals surface area contributed by atoms with Crippen molar-refractivity contribution in [2.45, 2.75) is 18.9 Å². The SMILES string of the molecule is COC(=O)C(CNC(=O)[C@@H](N)CCSC)Cc1ccc2ccccc2c1.Cl. The minimum absolute atomic E-state index is 0. The molecule has 0 aliphatic carbocycles. The molecule has 5 nitrogen and oxygen atoms in total. The summed E-state index contributed by atoms with van der Waals surface area (Å²) >= 11 is 1.65. The first-order chi connectivity index (χ1) is 12.5. The lowest BCUT2D eigenvalue weighted by Gasteiger charge is -2.18. The molecule has 148 valence electrons. The summed E-state index contributed by atoms with van der Waals surface area (Å²) in [7, 11) is 1.36. The summed E-state index contributed by atoms with van der Waals surface area (Å²) in [5, 5.41) is 5.06. The fourth-order valence-corrected chi connectivity index (χ4v) is 3.28. The van der Waals surface area contributed by atoms with Crippen LogP contribution in [0, 0.1) is 5.92 Å². The van der Waals surface area contributed by atoms with E-state index in [0.717, 1.165) is 22.1 Å². The average Bonchev–Trinajstić information content (AvgIpc) is 2.68. The van der Waals surface area contributed by atoms with Gasteiger partial charge in [0.2, 0.25) is 5.91 Å². The van der Waals surface area contributed by atoms with Gasteiger partial charge in [0.05, 0.1) is 19.1 Å². The number of methoxy groups -OCH3 is 1. The summed E-state index contributed by atoms with van der Waals surface area (Å²) in [6, 6.07) is 13.6. The van der Waals surface area contributed by atoms with E-state index in [1.54, 1.807) is 11.8 Å². The Morgan fingerprint density at radius 1 is 1.19 bits per heavy atom. The van der Waals surface area contributed by atoms with Crippen molar-refractivity contribution < 1.29 is 14.3 Å². The lowest BCUT2D eigenvalue weighted by atomic mass is 9.97. The second-order valence-corrected chi connectivity index (χ2v) is 7.22. The molecule has 2 aromatic carbocycles. The molecule has 1 unspecified atom stereocenters. The Balaban J connectivity index is 0.00000364. The van der Waals surface area contributed by atoms with Crippen molar-refractivity contribution in [1.82, 2.24) is 5.32 Å². The highest BCUT2D eigenvalue weighted by Crippen LogP contribution is 2.18. The maximum atomic E-state index is 12.1. The van der Waals surface area contributed by atoms with Crippen molar-refractivity contribution >= 4 is 46.8 Å². The fourth-order valence-electron chi connectivity index (χ4n) is 2.79. The molecule has 3 N–H and O–H groups in total. The van der Waals surface area contributed by atoms with Gasteiger partial charge in [0.25, 0.3) is 0 Å². The van der Waals surface area contributed by atoms with E-state index in [-0.39, 0.29) is 30.8 Å². The summed E-state index contributed by atoms with van der Waals surface area (Å²) in [6.07, 6.45) is 3.08. The first-order valence-corrected chi connectivity index (χ1v) is 10.0. The predicted molar refractivity (Wildman–Crippen MR) is 114 cm³/mol. The van der Waals surface area contributed by atoms with Gasteiger partial charge in [-0.15, -0.1) is 12.4 Å². The monoisotopic (exact) mass is 410 g/mol. The van der Waals surface area contributed by atoms with E-state index >= 15 is 0 Å². The quantitative estimate of drug-likeness (QED) is 0.621. The van der Waals surface area contributed by atoms with Gasteiger partial charge in [0.15, 0.2) is 0 Å². The van der Waals surface area contributed by atoms with Crippen molar-refractivity contribution in [3.05, 3.63) is 48.0 Å². The maximum Gasteiger partial charge on any atom is 0.310 e. The van der Waals surface area contributed by atoms with Crippen LogP contribution in [-0.4, -0.2) is 43.6 Å². The van der Waals surface area contributed by atoms with E-state index < -0.39 is 12.0 Å². The number of halogens is 1.